The molecule has 1 N–H and O–H groups in total. The van der Waals surface area contributed by atoms with Gasteiger partial charge in [-0.05, 0) is 45.0 Å². The van der Waals surface area contributed by atoms with E-state index in [2.05, 4.69) is 4.72 Å². The zero-order valence-corrected chi connectivity index (χ0v) is 15.6. The molecule has 0 saturated heterocycles. The van der Waals surface area contributed by atoms with Crippen molar-refractivity contribution in [3.63, 3.8) is 0 Å². The SMILES string of the molecule is CCOc1cc2c(cc1CNS(=O)(=O)c1ccc(C)s1)O[C@H](C)C2. The molecular formula is C17H21NO4S2. The van der Waals surface area contributed by atoms with Crippen molar-refractivity contribution in [2.45, 2.75) is 44.0 Å². The number of ether oxygens (including phenoxy) is 2. The van der Waals surface area contributed by atoms with Gasteiger partial charge in [0.1, 0.15) is 21.8 Å². The number of sulfonamides is 1. The molecule has 0 amide bonds. The molecule has 1 atom stereocenters. The van der Waals surface area contributed by atoms with Gasteiger partial charge in [-0.15, -0.1) is 11.3 Å². The van der Waals surface area contributed by atoms with E-state index in [1.807, 2.05) is 32.9 Å². The molecule has 130 valence electrons. The molecule has 2 aromatic rings. The topological polar surface area (TPSA) is 64.6 Å². The number of fused-ring (bicyclic) bond motifs is 1. The van der Waals surface area contributed by atoms with Gasteiger partial charge >= 0.3 is 0 Å². The molecule has 24 heavy (non-hydrogen) atoms. The molecule has 0 radical (unpaired) electrons. The Morgan fingerprint density at radius 2 is 2.17 bits per heavy atom. The van der Waals surface area contributed by atoms with E-state index in [0.29, 0.717) is 16.6 Å². The van der Waals surface area contributed by atoms with Gasteiger partial charge in [0.25, 0.3) is 0 Å². The third-order valence-corrected chi connectivity index (χ3v) is 6.71. The highest BCUT2D eigenvalue weighted by atomic mass is 32.2. The first-order chi connectivity index (χ1) is 11.4. The summed E-state index contributed by atoms with van der Waals surface area (Å²) in [5.74, 6) is 1.52. The average Bonchev–Trinajstić information content (AvgIpc) is 3.10. The first-order valence-electron chi connectivity index (χ1n) is 7.90. The summed E-state index contributed by atoms with van der Waals surface area (Å²) in [7, 11) is -3.52. The monoisotopic (exact) mass is 367 g/mol. The van der Waals surface area contributed by atoms with Gasteiger partial charge in [-0.25, -0.2) is 13.1 Å². The van der Waals surface area contributed by atoms with Crippen LogP contribution in [0.15, 0.2) is 28.5 Å². The van der Waals surface area contributed by atoms with E-state index in [4.69, 9.17) is 9.47 Å². The van der Waals surface area contributed by atoms with E-state index < -0.39 is 10.0 Å². The van der Waals surface area contributed by atoms with Crippen LogP contribution in [0.2, 0.25) is 0 Å². The Hall–Kier alpha value is -1.57. The second kappa shape index (κ2) is 6.74. The molecule has 1 aliphatic rings. The van der Waals surface area contributed by atoms with Crippen LogP contribution in [0.1, 0.15) is 29.9 Å². The molecule has 0 unspecified atom stereocenters. The smallest absolute Gasteiger partial charge is 0.250 e. The molecule has 5 nitrogen and oxygen atoms in total. The number of nitrogens with one attached hydrogen (secondary N) is 1. The fraction of sp³-hybridized carbons (Fsp3) is 0.412. The van der Waals surface area contributed by atoms with E-state index in [1.165, 1.54) is 11.3 Å². The second-order valence-electron chi connectivity index (χ2n) is 5.82. The van der Waals surface area contributed by atoms with E-state index in [9.17, 15) is 8.42 Å². The van der Waals surface area contributed by atoms with Crippen molar-refractivity contribution < 1.29 is 17.9 Å². The summed E-state index contributed by atoms with van der Waals surface area (Å²) >= 11 is 1.26. The Bertz CT molecular complexity index is 842. The summed E-state index contributed by atoms with van der Waals surface area (Å²) in [4.78, 5) is 0.963. The Balaban J connectivity index is 1.83. The average molecular weight is 367 g/mol. The van der Waals surface area contributed by atoms with Crippen LogP contribution in [0, 0.1) is 6.92 Å². The summed E-state index contributed by atoms with van der Waals surface area (Å²) in [5.41, 5.74) is 1.88. The van der Waals surface area contributed by atoms with Gasteiger partial charge in [-0.3, -0.25) is 0 Å². The lowest BCUT2D eigenvalue weighted by molar-refractivity contribution is 0.254. The van der Waals surface area contributed by atoms with Crippen LogP contribution in [0.3, 0.4) is 0 Å². The lowest BCUT2D eigenvalue weighted by Crippen LogP contribution is -2.22. The Labute approximate surface area is 146 Å². The summed E-state index contributed by atoms with van der Waals surface area (Å²) < 4.78 is 39.2. The molecule has 7 heteroatoms. The number of thiophene rings is 1. The van der Waals surface area contributed by atoms with Gasteiger partial charge in [0.15, 0.2) is 0 Å². The molecule has 0 fully saturated rings. The minimum atomic E-state index is -3.52. The van der Waals surface area contributed by atoms with Crippen molar-refractivity contribution in [1.29, 1.82) is 0 Å². The Morgan fingerprint density at radius 3 is 2.83 bits per heavy atom. The summed E-state index contributed by atoms with van der Waals surface area (Å²) in [6.07, 6.45) is 0.978. The fourth-order valence-electron chi connectivity index (χ4n) is 2.71. The van der Waals surface area contributed by atoms with Crippen molar-refractivity contribution in [3.8, 4) is 11.5 Å². The molecule has 0 aliphatic carbocycles. The quantitative estimate of drug-likeness (QED) is 0.851. The van der Waals surface area contributed by atoms with E-state index in [-0.39, 0.29) is 12.6 Å². The van der Waals surface area contributed by atoms with Crippen LogP contribution in [-0.2, 0) is 23.0 Å². The van der Waals surface area contributed by atoms with Crippen LogP contribution in [0.25, 0.3) is 0 Å². The van der Waals surface area contributed by atoms with Crippen LogP contribution >= 0.6 is 11.3 Å². The second-order valence-corrected chi connectivity index (χ2v) is 9.10. The number of hydrogen-bond donors (Lipinski definition) is 1. The summed E-state index contributed by atoms with van der Waals surface area (Å²) in [6.45, 7) is 6.51. The normalized spacial score (nSPS) is 16.7. The van der Waals surface area contributed by atoms with E-state index in [1.54, 1.807) is 12.1 Å². The third kappa shape index (κ3) is 3.58. The predicted octanol–water partition coefficient (Wildman–Crippen LogP) is 3.26. The maximum absolute atomic E-state index is 12.4. The number of hydrogen-bond acceptors (Lipinski definition) is 5. The lowest BCUT2D eigenvalue weighted by Gasteiger charge is -2.13. The molecule has 0 saturated carbocycles. The van der Waals surface area contributed by atoms with Crippen molar-refractivity contribution >= 4 is 21.4 Å². The molecule has 0 spiro atoms. The van der Waals surface area contributed by atoms with Gasteiger partial charge in [-0.2, -0.15) is 0 Å². The summed E-state index contributed by atoms with van der Waals surface area (Å²) in [6, 6.07) is 7.27. The number of benzene rings is 1. The Kier molecular flexibility index (Phi) is 4.85. The lowest BCUT2D eigenvalue weighted by atomic mass is 10.1. The zero-order valence-electron chi connectivity index (χ0n) is 14.0. The van der Waals surface area contributed by atoms with Gasteiger partial charge in [0.05, 0.1) is 6.61 Å². The van der Waals surface area contributed by atoms with Crippen molar-refractivity contribution in [2.24, 2.45) is 0 Å². The van der Waals surface area contributed by atoms with Gasteiger partial charge in [0.2, 0.25) is 10.0 Å². The highest BCUT2D eigenvalue weighted by Gasteiger charge is 2.23. The number of rotatable bonds is 6. The molecular weight excluding hydrogens is 346 g/mol. The highest BCUT2D eigenvalue weighted by Crippen LogP contribution is 2.35. The molecule has 1 aromatic heterocycles. The van der Waals surface area contributed by atoms with Crippen LogP contribution < -0.4 is 14.2 Å². The first kappa shape index (κ1) is 17.3. The Morgan fingerprint density at radius 1 is 1.38 bits per heavy atom. The van der Waals surface area contributed by atoms with Gasteiger partial charge < -0.3 is 9.47 Å². The first-order valence-corrected chi connectivity index (χ1v) is 10.2. The molecule has 1 aliphatic heterocycles. The fourth-order valence-corrected chi connectivity index (χ4v) is 5.04. The molecule has 0 bridgehead atoms. The van der Waals surface area contributed by atoms with E-state index in [0.717, 1.165) is 28.2 Å². The third-order valence-electron chi connectivity index (χ3n) is 3.81. The van der Waals surface area contributed by atoms with Crippen LogP contribution in [0.5, 0.6) is 11.5 Å². The standard InChI is InChI=1S/C17H21NO4S2/c1-4-21-15-8-13-7-11(2)22-16(13)9-14(15)10-18-24(19,20)17-6-5-12(3)23-17/h5-6,8-9,11,18H,4,7,10H2,1-3H3/t11-/m1/s1. The largest absolute Gasteiger partial charge is 0.494 e. The minimum absolute atomic E-state index is 0.135. The van der Waals surface area contributed by atoms with E-state index >= 15 is 0 Å². The zero-order chi connectivity index (χ0) is 17.3. The van der Waals surface area contributed by atoms with Crippen molar-refractivity contribution in [2.75, 3.05) is 6.61 Å². The maximum Gasteiger partial charge on any atom is 0.250 e. The molecule has 1 aromatic carbocycles. The van der Waals surface area contributed by atoms with Crippen LogP contribution in [-0.4, -0.2) is 21.1 Å². The van der Waals surface area contributed by atoms with Crippen molar-refractivity contribution in [1.82, 2.24) is 4.72 Å². The van der Waals surface area contributed by atoms with Gasteiger partial charge in [-0.1, -0.05) is 0 Å². The molecule has 3 rings (SSSR count). The summed E-state index contributed by atoms with van der Waals surface area (Å²) in [5, 5.41) is 0. The highest BCUT2D eigenvalue weighted by molar-refractivity contribution is 7.91. The molecule has 2 heterocycles. The minimum Gasteiger partial charge on any atom is -0.494 e. The van der Waals surface area contributed by atoms with Gasteiger partial charge in [0, 0.05) is 29.0 Å². The maximum atomic E-state index is 12.4. The van der Waals surface area contributed by atoms with Crippen LogP contribution in [0.4, 0.5) is 0 Å². The predicted molar refractivity (Wildman–Crippen MR) is 94.5 cm³/mol. The van der Waals surface area contributed by atoms with Crippen molar-refractivity contribution in [3.05, 3.63) is 40.3 Å². The number of aryl methyl sites for hydroxylation is 1.